The Bertz CT molecular complexity index is 707. The third-order valence-corrected chi connectivity index (χ3v) is 3.82. The summed E-state index contributed by atoms with van der Waals surface area (Å²) in [6.45, 7) is -1.45. The number of nitrogens with two attached hydrogens (primary N) is 1. The van der Waals surface area contributed by atoms with E-state index in [1.54, 1.807) is 0 Å². The number of nitro groups is 1. The van der Waals surface area contributed by atoms with Gasteiger partial charge in [-0.1, -0.05) is 0 Å². The number of rotatable bonds is 3. The van der Waals surface area contributed by atoms with Crippen LogP contribution in [-0.2, 0) is 4.79 Å². The highest BCUT2D eigenvalue weighted by atomic mass is 19.4. The first-order valence-electron chi connectivity index (χ1n) is 6.65. The zero-order chi connectivity index (χ0) is 18.2. The molecule has 8 nitrogen and oxygen atoms in total. The topological polar surface area (TPSA) is 127 Å². The molecule has 0 saturated carbocycles. The maximum atomic E-state index is 12.9. The Morgan fingerprint density at radius 3 is 2.42 bits per heavy atom. The Hall–Kier alpha value is -2.85. The van der Waals surface area contributed by atoms with Crippen LogP contribution < -0.4 is 5.73 Å². The molecule has 24 heavy (non-hydrogen) atoms. The van der Waals surface area contributed by atoms with Crippen molar-refractivity contribution >= 4 is 23.3 Å². The number of carboxylic acids is 1. The van der Waals surface area contributed by atoms with Gasteiger partial charge in [0.1, 0.15) is 5.69 Å². The molecular weight excluding hydrogens is 335 g/mol. The fourth-order valence-corrected chi connectivity index (χ4v) is 2.57. The molecule has 0 unspecified atom stereocenters. The maximum absolute atomic E-state index is 12.9. The zero-order valence-corrected chi connectivity index (χ0v) is 12.0. The maximum Gasteiger partial charge on any atom is 0.394 e. The molecule has 1 heterocycles. The number of nitrogens with zero attached hydrogens (tertiary/aromatic N) is 2. The molecule has 1 fully saturated rings. The quantitative estimate of drug-likeness (QED) is 0.485. The van der Waals surface area contributed by atoms with Crippen molar-refractivity contribution in [2.24, 2.45) is 11.8 Å². The van der Waals surface area contributed by atoms with Crippen molar-refractivity contribution in [2.45, 2.75) is 6.18 Å². The number of carboxylic acid groups (broad SMARTS) is 1. The highest BCUT2D eigenvalue weighted by Gasteiger charge is 2.53. The molecule has 0 aromatic heterocycles. The molecule has 11 heteroatoms. The Kier molecular flexibility index (Phi) is 4.36. The first-order chi connectivity index (χ1) is 11.0. The van der Waals surface area contributed by atoms with Crippen molar-refractivity contribution in [3.05, 3.63) is 33.9 Å². The van der Waals surface area contributed by atoms with Crippen molar-refractivity contribution in [1.82, 2.24) is 4.90 Å². The first-order valence-corrected chi connectivity index (χ1v) is 6.65. The molecule has 0 spiro atoms. The monoisotopic (exact) mass is 347 g/mol. The first kappa shape index (κ1) is 17.5. The number of aliphatic carboxylic acids is 1. The number of nitro benzene ring substituents is 1. The summed E-state index contributed by atoms with van der Waals surface area (Å²) >= 11 is 0. The molecule has 130 valence electrons. The van der Waals surface area contributed by atoms with E-state index in [-0.39, 0.29) is 11.3 Å². The summed E-state index contributed by atoms with van der Waals surface area (Å²) in [5, 5.41) is 19.7. The fraction of sp³-hybridized carbons (Fsp3) is 0.385. The van der Waals surface area contributed by atoms with Crippen LogP contribution in [0, 0.1) is 22.0 Å². The van der Waals surface area contributed by atoms with Crippen molar-refractivity contribution in [3.63, 3.8) is 0 Å². The van der Waals surface area contributed by atoms with Crippen LogP contribution in [0.4, 0.5) is 24.5 Å². The molecule has 0 aliphatic carbocycles. The van der Waals surface area contributed by atoms with Gasteiger partial charge < -0.3 is 15.7 Å². The molecule has 1 aliphatic heterocycles. The number of hydrogen-bond acceptors (Lipinski definition) is 5. The zero-order valence-electron chi connectivity index (χ0n) is 12.0. The van der Waals surface area contributed by atoms with Crippen LogP contribution in [0.25, 0.3) is 0 Å². The number of amides is 1. The number of carbonyl (C=O) groups is 2. The summed E-state index contributed by atoms with van der Waals surface area (Å²) < 4.78 is 38.8. The fourth-order valence-electron chi connectivity index (χ4n) is 2.57. The second-order valence-corrected chi connectivity index (χ2v) is 5.33. The van der Waals surface area contributed by atoms with Gasteiger partial charge in [-0.05, 0) is 12.1 Å². The van der Waals surface area contributed by atoms with Crippen LogP contribution in [0.1, 0.15) is 10.4 Å². The lowest BCUT2D eigenvalue weighted by Gasteiger charge is -2.18. The summed E-state index contributed by atoms with van der Waals surface area (Å²) in [6, 6.07) is 3.09. The van der Waals surface area contributed by atoms with Crippen molar-refractivity contribution < 1.29 is 32.8 Å². The summed E-state index contributed by atoms with van der Waals surface area (Å²) in [5.74, 6) is -6.55. The third kappa shape index (κ3) is 3.24. The molecule has 3 N–H and O–H groups in total. The van der Waals surface area contributed by atoms with Gasteiger partial charge in [0.25, 0.3) is 11.6 Å². The normalized spacial score (nSPS) is 20.9. The van der Waals surface area contributed by atoms with E-state index in [4.69, 9.17) is 10.8 Å². The van der Waals surface area contributed by atoms with Gasteiger partial charge in [-0.25, -0.2) is 0 Å². The van der Waals surface area contributed by atoms with Crippen LogP contribution in [0.2, 0.25) is 0 Å². The van der Waals surface area contributed by atoms with Gasteiger partial charge in [0.15, 0.2) is 0 Å². The second-order valence-electron chi connectivity index (χ2n) is 5.33. The van der Waals surface area contributed by atoms with Crippen LogP contribution in [-0.4, -0.2) is 46.1 Å². The average molecular weight is 347 g/mol. The number of anilines is 1. The highest BCUT2D eigenvalue weighted by molar-refractivity contribution is 5.96. The number of benzene rings is 1. The summed E-state index contributed by atoms with van der Waals surface area (Å²) in [4.78, 5) is 34.0. The van der Waals surface area contributed by atoms with Crippen molar-refractivity contribution in [1.29, 1.82) is 0 Å². The van der Waals surface area contributed by atoms with Gasteiger partial charge in [-0.15, -0.1) is 0 Å². The number of nitrogen functional groups attached to an aromatic ring is 1. The lowest BCUT2D eigenvalue weighted by Crippen LogP contribution is -2.34. The lowest BCUT2D eigenvalue weighted by molar-refractivity contribution is -0.383. The van der Waals surface area contributed by atoms with Crippen LogP contribution >= 0.6 is 0 Å². The van der Waals surface area contributed by atoms with E-state index in [1.807, 2.05) is 0 Å². The van der Waals surface area contributed by atoms with Crippen molar-refractivity contribution in [2.75, 3.05) is 18.8 Å². The number of carbonyl (C=O) groups excluding carboxylic acids is 1. The minimum absolute atomic E-state index is 0.199. The standard InChI is InChI=1S/C13H12F3N3O5/c14-13(15,16)8-5-18(4-7(8)12(21)22)11(20)6-1-2-9(17)10(3-6)19(23)24/h1-3,7-8H,4-5,17H2,(H,21,22)/t7-,8-/m1/s1. The number of halogens is 3. The van der Waals surface area contributed by atoms with Gasteiger partial charge in [-0.2, -0.15) is 13.2 Å². The number of likely N-dealkylation sites (tertiary alicyclic amines) is 1. The van der Waals surface area contributed by atoms with E-state index in [9.17, 15) is 32.9 Å². The molecule has 1 saturated heterocycles. The molecule has 2 rings (SSSR count). The van der Waals surface area contributed by atoms with E-state index < -0.39 is 53.6 Å². The largest absolute Gasteiger partial charge is 0.481 e. The van der Waals surface area contributed by atoms with Crippen LogP contribution in [0.15, 0.2) is 18.2 Å². The van der Waals surface area contributed by atoms with E-state index in [1.165, 1.54) is 0 Å². The molecule has 1 aromatic carbocycles. The molecule has 1 amide bonds. The Morgan fingerprint density at radius 2 is 1.96 bits per heavy atom. The van der Waals surface area contributed by atoms with Gasteiger partial charge in [0.2, 0.25) is 0 Å². The van der Waals surface area contributed by atoms with Gasteiger partial charge in [0, 0.05) is 24.7 Å². The Balaban J connectivity index is 2.29. The summed E-state index contributed by atoms with van der Waals surface area (Å²) in [6.07, 6.45) is -4.77. The lowest BCUT2D eigenvalue weighted by atomic mass is 9.96. The summed E-state index contributed by atoms with van der Waals surface area (Å²) in [7, 11) is 0. The molecule has 1 aromatic rings. The van der Waals surface area contributed by atoms with Gasteiger partial charge in [0.05, 0.1) is 16.8 Å². The van der Waals surface area contributed by atoms with Gasteiger partial charge in [-0.3, -0.25) is 19.7 Å². The van der Waals surface area contributed by atoms with Crippen LogP contribution in [0.3, 0.4) is 0 Å². The van der Waals surface area contributed by atoms with E-state index in [0.29, 0.717) is 0 Å². The molecule has 0 radical (unpaired) electrons. The molecule has 0 bridgehead atoms. The molecular formula is C13H12F3N3O5. The van der Waals surface area contributed by atoms with Crippen LogP contribution in [0.5, 0.6) is 0 Å². The van der Waals surface area contributed by atoms with E-state index in [2.05, 4.69) is 0 Å². The van der Waals surface area contributed by atoms with Gasteiger partial charge >= 0.3 is 12.1 Å². The van der Waals surface area contributed by atoms with E-state index >= 15 is 0 Å². The Labute approximate surface area is 132 Å². The highest BCUT2D eigenvalue weighted by Crippen LogP contribution is 2.38. The minimum Gasteiger partial charge on any atom is -0.481 e. The number of hydrogen-bond donors (Lipinski definition) is 2. The van der Waals surface area contributed by atoms with Crippen molar-refractivity contribution in [3.8, 4) is 0 Å². The smallest absolute Gasteiger partial charge is 0.394 e. The predicted molar refractivity (Wildman–Crippen MR) is 74.1 cm³/mol. The SMILES string of the molecule is Nc1ccc(C(=O)N2C[C@@H](C(F)(F)F)[C@H](C(=O)O)C2)cc1[N+](=O)[O-]. The minimum atomic E-state index is -4.77. The predicted octanol–water partition coefficient (Wildman–Crippen LogP) is 1.51. The van der Waals surface area contributed by atoms with E-state index in [0.717, 1.165) is 23.1 Å². The third-order valence-electron chi connectivity index (χ3n) is 3.82. The second kappa shape index (κ2) is 5.98. The summed E-state index contributed by atoms with van der Waals surface area (Å²) in [5.41, 5.74) is 4.41. The molecule has 2 atom stereocenters. The number of alkyl halides is 3. The average Bonchev–Trinajstić information content (AvgIpc) is 2.92. The Morgan fingerprint density at radius 1 is 1.33 bits per heavy atom. The molecule has 1 aliphatic rings.